The van der Waals surface area contributed by atoms with Gasteiger partial charge in [0.1, 0.15) is 0 Å². The van der Waals surface area contributed by atoms with Crippen LogP contribution in [0.25, 0.3) is 0 Å². The number of rotatable bonds is 4. The van der Waals surface area contributed by atoms with Gasteiger partial charge >= 0.3 is 5.82 Å². The van der Waals surface area contributed by atoms with Gasteiger partial charge < -0.3 is 19.6 Å². The molecule has 0 atom stereocenters. The summed E-state index contributed by atoms with van der Waals surface area (Å²) < 4.78 is 11.0. The van der Waals surface area contributed by atoms with E-state index in [0.29, 0.717) is 32.1 Å². The first kappa shape index (κ1) is 16.6. The topological polar surface area (TPSA) is 98.0 Å². The smallest absolute Gasteiger partial charge is 0.366 e. The normalized spacial score (nSPS) is 20.4. The second-order valence-electron chi connectivity index (χ2n) is 6.27. The van der Waals surface area contributed by atoms with Crippen LogP contribution in [0.1, 0.15) is 13.8 Å². The first-order valence-corrected chi connectivity index (χ1v) is 7.85. The van der Waals surface area contributed by atoms with E-state index in [1.165, 1.54) is 17.0 Å². The van der Waals surface area contributed by atoms with Crippen molar-refractivity contribution < 1.29 is 19.2 Å². The van der Waals surface area contributed by atoms with Crippen LogP contribution in [0.4, 0.5) is 11.6 Å². The quantitative estimate of drug-likeness (QED) is 0.593. The number of nitrogens with zero attached hydrogens (tertiary/aromatic N) is 4. The molecule has 0 saturated carbocycles. The van der Waals surface area contributed by atoms with E-state index in [1.54, 1.807) is 13.8 Å². The summed E-state index contributed by atoms with van der Waals surface area (Å²) in [6.07, 6.45) is 0. The van der Waals surface area contributed by atoms with Crippen molar-refractivity contribution in [3.05, 3.63) is 22.2 Å². The lowest BCUT2D eigenvalue weighted by atomic mass is 10.1. The SMILES string of the molecule is CC1(C)Oc2ccc([N+](=O)[O-])nc2N(CCN2CCOCC2)C1=O. The van der Waals surface area contributed by atoms with Crippen molar-refractivity contribution >= 4 is 17.5 Å². The van der Waals surface area contributed by atoms with Crippen LogP contribution in [0.3, 0.4) is 0 Å². The van der Waals surface area contributed by atoms with Crippen molar-refractivity contribution in [3.63, 3.8) is 0 Å². The van der Waals surface area contributed by atoms with Gasteiger partial charge in [-0.05, 0) is 29.8 Å². The average Bonchev–Trinajstić information content (AvgIpc) is 2.55. The standard InChI is InChI=1S/C15H20N4O5/c1-15(2)14(20)18(6-5-17-7-9-23-10-8-17)13-11(24-15)3-4-12(16-13)19(21)22/h3-4H,5-10H2,1-2H3. The number of hydrogen-bond acceptors (Lipinski definition) is 7. The van der Waals surface area contributed by atoms with Crippen LogP contribution in [0.15, 0.2) is 12.1 Å². The summed E-state index contributed by atoms with van der Waals surface area (Å²) in [5.41, 5.74) is -1.03. The summed E-state index contributed by atoms with van der Waals surface area (Å²) in [5.74, 6) is 0.0337. The van der Waals surface area contributed by atoms with Gasteiger partial charge in [0.15, 0.2) is 11.4 Å². The van der Waals surface area contributed by atoms with Gasteiger partial charge in [-0.25, -0.2) is 0 Å². The van der Waals surface area contributed by atoms with E-state index in [0.717, 1.165) is 13.1 Å². The Bertz CT molecular complexity index is 657. The van der Waals surface area contributed by atoms with Crippen molar-refractivity contribution in [2.75, 3.05) is 44.3 Å². The highest BCUT2D eigenvalue weighted by molar-refractivity contribution is 6.01. The summed E-state index contributed by atoms with van der Waals surface area (Å²) in [6, 6.07) is 2.78. The molecule has 3 heterocycles. The molecule has 0 spiro atoms. The lowest BCUT2D eigenvalue weighted by molar-refractivity contribution is -0.389. The third-order valence-electron chi connectivity index (χ3n) is 4.14. The van der Waals surface area contributed by atoms with Crippen molar-refractivity contribution in [1.82, 2.24) is 9.88 Å². The van der Waals surface area contributed by atoms with Crippen LogP contribution >= 0.6 is 0 Å². The summed E-state index contributed by atoms with van der Waals surface area (Å²) in [7, 11) is 0. The van der Waals surface area contributed by atoms with Gasteiger partial charge in [0.25, 0.3) is 11.7 Å². The molecule has 9 heteroatoms. The van der Waals surface area contributed by atoms with E-state index >= 15 is 0 Å². The molecule has 0 N–H and O–H groups in total. The Morgan fingerprint density at radius 1 is 1.29 bits per heavy atom. The zero-order chi connectivity index (χ0) is 17.3. The number of anilines is 1. The van der Waals surface area contributed by atoms with E-state index < -0.39 is 10.5 Å². The van der Waals surface area contributed by atoms with Crippen LogP contribution in [0.5, 0.6) is 5.75 Å². The third-order valence-corrected chi connectivity index (χ3v) is 4.14. The molecule has 0 bridgehead atoms. The fraction of sp³-hybridized carbons (Fsp3) is 0.600. The molecule has 1 fully saturated rings. The van der Waals surface area contributed by atoms with E-state index in [1.807, 2.05) is 0 Å². The largest absolute Gasteiger partial charge is 0.472 e. The number of aromatic nitrogens is 1. The van der Waals surface area contributed by atoms with Gasteiger partial charge in [-0.3, -0.25) is 14.6 Å². The second kappa shape index (κ2) is 6.33. The Labute approximate surface area is 139 Å². The Hall–Kier alpha value is -2.26. The molecule has 1 aromatic heterocycles. The van der Waals surface area contributed by atoms with Gasteiger partial charge in [-0.1, -0.05) is 0 Å². The first-order valence-electron chi connectivity index (χ1n) is 7.85. The van der Waals surface area contributed by atoms with E-state index in [9.17, 15) is 14.9 Å². The molecule has 0 unspecified atom stereocenters. The highest BCUT2D eigenvalue weighted by Gasteiger charge is 2.44. The first-order chi connectivity index (χ1) is 11.4. The van der Waals surface area contributed by atoms with Gasteiger partial charge in [0, 0.05) is 32.2 Å². The fourth-order valence-corrected chi connectivity index (χ4v) is 2.81. The maximum atomic E-state index is 12.7. The highest BCUT2D eigenvalue weighted by Crippen LogP contribution is 2.37. The minimum absolute atomic E-state index is 0.210. The van der Waals surface area contributed by atoms with Gasteiger partial charge in [-0.2, -0.15) is 0 Å². The number of carbonyl (C=O) groups excluding carboxylic acids is 1. The lowest BCUT2D eigenvalue weighted by Crippen LogP contribution is -2.55. The number of pyridine rings is 1. The Morgan fingerprint density at radius 2 is 2.00 bits per heavy atom. The Morgan fingerprint density at radius 3 is 2.67 bits per heavy atom. The van der Waals surface area contributed by atoms with E-state index in [2.05, 4.69) is 9.88 Å². The third kappa shape index (κ3) is 3.17. The van der Waals surface area contributed by atoms with Crippen LogP contribution in [0, 0.1) is 10.1 Å². The maximum Gasteiger partial charge on any atom is 0.366 e. The second-order valence-corrected chi connectivity index (χ2v) is 6.27. The maximum absolute atomic E-state index is 12.7. The fourth-order valence-electron chi connectivity index (χ4n) is 2.81. The number of amides is 1. The van der Waals surface area contributed by atoms with Crippen LogP contribution in [-0.4, -0.2) is 65.7 Å². The van der Waals surface area contributed by atoms with E-state index in [-0.39, 0.29) is 17.5 Å². The zero-order valence-corrected chi connectivity index (χ0v) is 13.7. The number of carbonyl (C=O) groups is 1. The van der Waals surface area contributed by atoms with Crippen molar-refractivity contribution in [3.8, 4) is 5.75 Å². The molecule has 2 aliphatic rings. The molecule has 1 aromatic rings. The molecule has 0 radical (unpaired) electrons. The molecule has 1 saturated heterocycles. The lowest BCUT2D eigenvalue weighted by Gasteiger charge is -2.37. The number of morpholine rings is 1. The van der Waals surface area contributed by atoms with Gasteiger partial charge in [0.2, 0.25) is 0 Å². The average molecular weight is 336 g/mol. The van der Waals surface area contributed by atoms with Gasteiger partial charge in [0.05, 0.1) is 13.2 Å². The summed E-state index contributed by atoms with van der Waals surface area (Å²) in [6.45, 7) is 7.35. The molecular weight excluding hydrogens is 316 g/mol. The van der Waals surface area contributed by atoms with Crippen molar-refractivity contribution in [2.45, 2.75) is 19.4 Å². The summed E-state index contributed by atoms with van der Waals surface area (Å²) in [5, 5.41) is 11.0. The predicted octanol–water partition coefficient (Wildman–Crippen LogP) is 0.826. The Kier molecular flexibility index (Phi) is 4.37. The number of ether oxygens (including phenoxy) is 2. The number of nitro groups is 1. The molecule has 0 aliphatic carbocycles. The summed E-state index contributed by atoms with van der Waals surface area (Å²) >= 11 is 0. The molecule has 1 amide bonds. The molecular formula is C15H20N4O5. The van der Waals surface area contributed by atoms with E-state index in [4.69, 9.17) is 9.47 Å². The number of fused-ring (bicyclic) bond motifs is 1. The molecule has 2 aliphatic heterocycles. The molecule has 3 rings (SSSR count). The summed E-state index contributed by atoms with van der Waals surface area (Å²) in [4.78, 5) is 30.8. The minimum atomic E-state index is -1.03. The van der Waals surface area contributed by atoms with Crippen molar-refractivity contribution in [1.29, 1.82) is 0 Å². The number of hydrogen-bond donors (Lipinski definition) is 0. The molecule has 9 nitrogen and oxygen atoms in total. The van der Waals surface area contributed by atoms with Gasteiger partial charge in [-0.15, -0.1) is 0 Å². The zero-order valence-electron chi connectivity index (χ0n) is 13.7. The van der Waals surface area contributed by atoms with Crippen LogP contribution < -0.4 is 9.64 Å². The monoisotopic (exact) mass is 336 g/mol. The predicted molar refractivity (Wildman–Crippen MR) is 85.2 cm³/mol. The van der Waals surface area contributed by atoms with Crippen molar-refractivity contribution in [2.24, 2.45) is 0 Å². The minimum Gasteiger partial charge on any atom is -0.472 e. The highest BCUT2D eigenvalue weighted by atomic mass is 16.6. The molecule has 0 aromatic carbocycles. The molecule has 130 valence electrons. The molecule has 24 heavy (non-hydrogen) atoms. The van der Waals surface area contributed by atoms with Crippen LogP contribution in [-0.2, 0) is 9.53 Å². The van der Waals surface area contributed by atoms with Crippen LogP contribution in [0.2, 0.25) is 0 Å². The Balaban J connectivity index is 1.86.